The van der Waals surface area contributed by atoms with Gasteiger partial charge in [0.2, 0.25) is 5.13 Å². The van der Waals surface area contributed by atoms with Crippen LogP contribution in [-0.2, 0) is 0 Å². The Morgan fingerprint density at radius 3 is 2.83 bits per heavy atom. The summed E-state index contributed by atoms with van der Waals surface area (Å²) < 4.78 is 0. The van der Waals surface area contributed by atoms with Gasteiger partial charge in [0, 0.05) is 24.2 Å². The highest BCUT2D eigenvalue weighted by Gasteiger charge is 2.18. The Labute approximate surface area is 140 Å². The number of hydrogen-bond acceptors (Lipinski definition) is 8. The Bertz CT molecular complexity index is 922. The molecule has 3 rings (SSSR count). The van der Waals surface area contributed by atoms with E-state index >= 15 is 0 Å². The van der Waals surface area contributed by atoms with Gasteiger partial charge in [-0.3, -0.25) is 14.6 Å². The Morgan fingerprint density at radius 1 is 1.38 bits per heavy atom. The molecule has 0 radical (unpaired) electrons. The lowest BCUT2D eigenvalue weighted by atomic mass is 10.2. The highest BCUT2D eigenvalue weighted by atomic mass is 32.1. The van der Waals surface area contributed by atoms with Crippen LogP contribution in [0.25, 0.3) is 11.4 Å². The van der Waals surface area contributed by atoms with E-state index in [1.165, 1.54) is 17.5 Å². The monoisotopic (exact) mass is 343 g/mol. The second-order valence-electron chi connectivity index (χ2n) is 4.89. The number of nitrogen functional groups attached to an aromatic ring is 1. The topological polar surface area (TPSA) is 140 Å². The molecule has 10 heteroatoms. The average Bonchev–Trinajstić information content (AvgIpc) is 3.02. The molecule has 3 aromatic rings. The van der Waals surface area contributed by atoms with Crippen LogP contribution < -0.4 is 16.6 Å². The van der Waals surface area contributed by atoms with E-state index in [0.29, 0.717) is 21.5 Å². The lowest BCUT2D eigenvalue weighted by Gasteiger charge is -2.10. The van der Waals surface area contributed by atoms with Crippen molar-refractivity contribution >= 4 is 22.4 Å². The summed E-state index contributed by atoms with van der Waals surface area (Å²) in [5, 5.41) is 11.1. The standard InChI is InChI=1S/C14H13N7O2S/c1-7(13-20-21-14(15)24-13)18-11(22)9-6-17-10(19-12(9)23)8-3-2-4-16-5-8/h2-7H,1H3,(H2,15,21)(H,18,22)(H,17,19,23)/t7-/m0/s1. The van der Waals surface area contributed by atoms with Crippen molar-refractivity contribution < 1.29 is 4.79 Å². The minimum absolute atomic E-state index is 0.0908. The number of anilines is 1. The summed E-state index contributed by atoms with van der Waals surface area (Å²) in [6.07, 6.45) is 4.42. The summed E-state index contributed by atoms with van der Waals surface area (Å²) in [4.78, 5) is 35.1. The van der Waals surface area contributed by atoms with E-state index < -0.39 is 17.5 Å². The molecule has 0 unspecified atom stereocenters. The third-order valence-corrected chi connectivity index (χ3v) is 4.09. The number of pyridine rings is 1. The van der Waals surface area contributed by atoms with Crippen LogP contribution >= 0.6 is 11.3 Å². The number of amides is 1. The highest BCUT2D eigenvalue weighted by Crippen LogP contribution is 2.19. The first-order chi connectivity index (χ1) is 11.5. The maximum absolute atomic E-state index is 12.2. The molecule has 1 amide bonds. The molecule has 0 aliphatic rings. The molecule has 0 spiro atoms. The predicted octanol–water partition coefficient (Wildman–Crippen LogP) is 0.757. The number of rotatable bonds is 4. The molecule has 24 heavy (non-hydrogen) atoms. The number of nitrogens with zero attached hydrogens (tertiary/aromatic N) is 4. The zero-order chi connectivity index (χ0) is 17.1. The number of carbonyl (C=O) groups is 1. The van der Waals surface area contributed by atoms with Crippen molar-refractivity contribution in [3.05, 3.63) is 51.6 Å². The van der Waals surface area contributed by atoms with Crippen LogP contribution in [0.3, 0.4) is 0 Å². The van der Waals surface area contributed by atoms with Gasteiger partial charge in [-0.25, -0.2) is 4.98 Å². The molecule has 3 heterocycles. The second-order valence-corrected chi connectivity index (χ2v) is 5.93. The zero-order valence-corrected chi connectivity index (χ0v) is 13.4. The molecule has 0 saturated carbocycles. The number of nitrogens with one attached hydrogen (secondary N) is 2. The van der Waals surface area contributed by atoms with E-state index in [2.05, 4.69) is 30.5 Å². The summed E-state index contributed by atoms with van der Waals surface area (Å²) in [5.74, 6) is -0.211. The summed E-state index contributed by atoms with van der Waals surface area (Å²) in [6.45, 7) is 1.73. The molecule has 0 fully saturated rings. The third kappa shape index (κ3) is 3.27. The van der Waals surface area contributed by atoms with E-state index in [1.54, 1.807) is 31.5 Å². The number of hydrogen-bond donors (Lipinski definition) is 3. The average molecular weight is 343 g/mol. The van der Waals surface area contributed by atoms with E-state index in [4.69, 9.17) is 5.73 Å². The van der Waals surface area contributed by atoms with Crippen molar-refractivity contribution in [2.24, 2.45) is 0 Å². The van der Waals surface area contributed by atoms with Crippen LogP contribution in [0.2, 0.25) is 0 Å². The fourth-order valence-corrected chi connectivity index (χ4v) is 2.58. The van der Waals surface area contributed by atoms with Gasteiger partial charge in [0.1, 0.15) is 16.4 Å². The highest BCUT2D eigenvalue weighted by molar-refractivity contribution is 7.15. The first kappa shape index (κ1) is 15.7. The first-order valence-corrected chi connectivity index (χ1v) is 7.75. The minimum Gasteiger partial charge on any atom is -0.374 e. The van der Waals surface area contributed by atoms with E-state index in [9.17, 15) is 9.59 Å². The van der Waals surface area contributed by atoms with Gasteiger partial charge in [0.15, 0.2) is 0 Å². The maximum atomic E-state index is 12.2. The molecule has 0 aromatic carbocycles. The summed E-state index contributed by atoms with van der Waals surface area (Å²) in [7, 11) is 0. The Kier molecular flexibility index (Phi) is 4.29. The molecule has 4 N–H and O–H groups in total. The lowest BCUT2D eigenvalue weighted by Crippen LogP contribution is -2.32. The molecular weight excluding hydrogens is 330 g/mol. The fraction of sp³-hybridized carbons (Fsp3) is 0.143. The van der Waals surface area contributed by atoms with Gasteiger partial charge in [-0.15, -0.1) is 10.2 Å². The van der Waals surface area contributed by atoms with Gasteiger partial charge >= 0.3 is 0 Å². The molecule has 0 saturated heterocycles. The summed E-state index contributed by atoms with van der Waals surface area (Å²) in [6, 6.07) is 3.06. The second kappa shape index (κ2) is 6.54. The third-order valence-electron chi connectivity index (χ3n) is 3.15. The van der Waals surface area contributed by atoms with E-state index in [-0.39, 0.29) is 5.56 Å². The van der Waals surface area contributed by atoms with Crippen LogP contribution in [0.5, 0.6) is 0 Å². The lowest BCUT2D eigenvalue weighted by molar-refractivity contribution is 0.0938. The number of nitrogens with two attached hydrogens (primary N) is 1. The van der Waals surface area contributed by atoms with Crippen molar-refractivity contribution in [2.45, 2.75) is 13.0 Å². The van der Waals surface area contributed by atoms with Crippen LogP contribution in [-0.4, -0.2) is 31.1 Å². The summed E-state index contributed by atoms with van der Waals surface area (Å²) in [5.41, 5.74) is 5.54. The van der Waals surface area contributed by atoms with E-state index in [1.807, 2.05) is 0 Å². The Morgan fingerprint density at radius 2 is 2.21 bits per heavy atom. The van der Waals surface area contributed by atoms with Crippen molar-refractivity contribution in [1.29, 1.82) is 0 Å². The molecule has 0 aliphatic heterocycles. The van der Waals surface area contributed by atoms with Crippen LogP contribution in [0, 0.1) is 0 Å². The smallest absolute Gasteiger partial charge is 0.264 e. The Hall–Kier alpha value is -3.14. The van der Waals surface area contributed by atoms with Gasteiger partial charge in [0.05, 0.1) is 6.04 Å². The van der Waals surface area contributed by atoms with Crippen molar-refractivity contribution in [3.8, 4) is 11.4 Å². The molecule has 3 aromatic heterocycles. The predicted molar refractivity (Wildman–Crippen MR) is 88.3 cm³/mol. The van der Waals surface area contributed by atoms with Crippen molar-refractivity contribution in [1.82, 2.24) is 30.5 Å². The molecule has 9 nitrogen and oxygen atoms in total. The number of carbonyl (C=O) groups excluding carboxylic acids is 1. The van der Waals surface area contributed by atoms with Crippen LogP contribution in [0.4, 0.5) is 5.13 Å². The molecule has 1 atom stereocenters. The van der Waals surface area contributed by atoms with Gasteiger partial charge in [0.25, 0.3) is 11.5 Å². The first-order valence-electron chi connectivity index (χ1n) is 6.94. The van der Waals surface area contributed by atoms with Gasteiger partial charge in [-0.05, 0) is 19.1 Å². The van der Waals surface area contributed by atoms with Crippen LogP contribution in [0.1, 0.15) is 28.3 Å². The SMILES string of the molecule is C[C@H](NC(=O)c1cnc(-c2cccnc2)[nH]c1=O)c1nnc(N)s1. The minimum atomic E-state index is -0.553. The molecule has 0 bridgehead atoms. The quantitative estimate of drug-likeness (QED) is 0.635. The zero-order valence-electron chi connectivity index (χ0n) is 12.6. The molecule has 122 valence electrons. The van der Waals surface area contributed by atoms with Gasteiger partial charge < -0.3 is 16.0 Å². The van der Waals surface area contributed by atoms with Crippen molar-refractivity contribution in [3.63, 3.8) is 0 Å². The number of aromatic amines is 1. The van der Waals surface area contributed by atoms with Gasteiger partial charge in [-0.1, -0.05) is 11.3 Å². The van der Waals surface area contributed by atoms with E-state index in [0.717, 1.165) is 0 Å². The molecule has 0 aliphatic carbocycles. The normalized spacial score (nSPS) is 11.9. The Balaban J connectivity index is 1.79. The summed E-state index contributed by atoms with van der Waals surface area (Å²) >= 11 is 1.17. The largest absolute Gasteiger partial charge is 0.374 e. The number of aromatic nitrogens is 5. The van der Waals surface area contributed by atoms with Crippen LogP contribution in [0.15, 0.2) is 35.5 Å². The van der Waals surface area contributed by atoms with Gasteiger partial charge in [-0.2, -0.15) is 0 Å². The molecular formula is C14H13N7O2S. The van der Waals surface area contributed by atoms with Crippen molar-refractivity contribution in [2.75, 3.05) is 5.73 Å². The maximum Gasteiger partial charge on any atom is 0.264 e. The fourth-order valence-electron chi connectivity index (χ4n) is 1.96. The number of H-pyrrole nitrogens is 1.